The number of rotatable bonds is 3. The number of aromatic hydroxyl groups is 1. The molecule has 0 saturated carbocycles. The molecule has 100 valence electrons. The van der Waals surface area contributed by atoms with Gasteiger partial charge in [-0.25, -0.2) is 9.97 Å². The topological polar surface area (TPSA) is 89.6 Å². The Kier molecular flexibility index (Phi) is 3.61. The second kappa shape index (κ2) is 5.55. The summed E-state index contributed by atoms with van der Waals surface area (Å²) in [7, 11) is 0. The largest absolute Gasteiger partial charge is 0.508 e. The van der Waals surface area contributed by atoms with Gasteiger partial charge < -0.3 is 5.11 Å². The molecule has 3 aromatic rings. The Morgan fingerprint density at radius 3 is 2.50 bits per heavy atom. The van der Waals surface area contributed by atoms with Crippen molar-refractivity contribution >= 4 is 27.7 Å². The van der Waals surface area contributed by atoms with Crippen LogP contribution in [0, 0.1) is 0 Å². The number of hydrogen-bond acceptors (Lipinski definition) is 7. The van der Waals surface area contributed by atoms with Crippen molar-refractivity contribution in [1.82, 2.24) is 30.2 Å². The number of halogens is 1. The summed E-state index contributed by atoms with van der Waals surface area (Å²) in [4.78, 5) is 8.32. The number of benzene rings is 1. The van der Waals surface area contributed by atoms with E-state index in [4.69, 9.17) is 0 Å². The Morgan fingerprint density at radius 2 is 1.80 bits per heavy atom. The molecule has 20 heavy (non-hydrogen) atoms. The predicted octanol–water partition coefficient (Wildman–Crippen LogP) is 2.07. The van der Waals surface area contributed by atoms with Crippen molar-refractivity contribution in [2.24, 2.45) is 0 Å². The first-order chi connectivity index (χ1) is 9.72. The van der Waals surface area contributed by atoms with Gasteiger partial charge in [-0.05, 0) is 62.4 Å². The fourth-order valence-corrected chi connectivity index (χ4v) is 2.32. The van der Waals surface area contributed by atoms with Crippen LogP contribution in [-0.4, -0.2) is 35.3 Å². The number of nitrogens with zero attached hydrogens (tertiary/aromatic N) is 6. The monoisotopic (exact) mass is 350 g/mol. The minimum atomic E-state index is 0.187. The lowest BCUT2D eigenvalue weighted by Crippen LogP contribution is -1.99. The van der Waals surface area contributed by atoms with Crippen LogP contribution in [0.4, 0.5) is 0 Å². The summed E-state index contributed by atoms with van der Waals surface area (Å²) in [6.07, 6.45) is 3.31. The maximum atomic E-state index is 9.29. The number of phenols is 1. The third-order valence-electron chi connectivity index (χ3n) is 2.31. The van der Waals surface area contributed by atoms with Crippen molar-refractivity contribution in [3.8, 4) is 11.4 Å². The van der Waals surface area contributed by atoms with Gasteiger partial charge >= 0.3 is 0 Å². The van der Waals surface area contributed by atoms with Crippen LogP contribution in [0.1, 0.15) is 0 Å². The summed E-state index contributed by atoms with van der Waals surface area (Å²) in [6.45, 7) is 0. The molecule has 1 aromatic carbocycles. The van der Waals surface area contributed by atoms with E-state index in [-0.39, 0.29) is 5.75 Å². The van der Waals surface area contributed by atoms with Gasteiger partial charge in [0.05, 0.1) is 10.2 Å². The van der Waals surface area contributed by atoms with E-state index in [0.29, 0.717) is 10.3 Å². The maximum absolute atomic E-state index is 9.29. The highest BCUT2D eigenvalue weighted by atomic mass is 79.9. The Balaban J connectivity index is 1.90. The first kappa shape index (κ1) is 13.0. The molecule has 2 aromatic heterocycles. The van der Waals surface area contributed by atoms with Gasteiger partial charge in [-0.15, -0.1) is 5.10 Å². The fourth-order valence-electron chi connectivity index (χ4n) is 1.43. The standard InChI is InChI=1S/C11H7BrN6OS/c12-7-5-13-10(14-6-7)20-11-15-16-17-18(11)8-1-3-9(19)4-2-8/h1-6,19H. The van der Waals surface area contributed by atoms with E-state index in [2.05, 4.69) is 41.4 Å². The van der Waals surface area contributed by atoms with E-state index in [1.165, 1.54) is 11.8 Å². The van der Waals surface area contributed by atoms with Crippen molar-refractivity contribution in [1.29, 1.82) is 0 Å². The minimum absolute atomic E-state index is 0.187. The van der Waals surface area contributed by atoms with Gasteiger partial charge in [-0.3, -0.25) is 0 Å². The van der Waals surface area contributed by atoms with Crippen LogP contribution < -0.4 is 0 Å². The van der Waals surface area contributed by atoms with Gasteiger partial charge in [0.15, 0.2) is 5.16 Å². The summed E-state index contributed by atoms with van der Waals surface area (Å²) in [5, 5.41) is 21.9. The average molecular weight is 351 g/mol. The molecule has 0 spiro atoms. The molecule has 3 rings (SSSR count). The second-order valence-corrected chi connectivity index (χ2v) is 5.53. The van der Waals surface area contributed by atoms with Crippen LogP contribution in [0.3, 0.4) is 0 Å². The molecule has 0 atom stereocenters. The molecule has 0 radical (unpaired) electrons. The van der Waals surface area contributed by atoms with Crippen molar-refractivity contribution in [2.45, 2.75) is 10.3 Å². The summed E-state index contributed by atoms with van der Waals surface area (Å²) in [5.74, 6) is 0.187. The molecule has 0 aliphatic carbocycles. The molecule has 9 heteroatoms. The van der Waals surface area contributed by atoms with Gasteiger partial charge in [0, 0.05) is 12.4 Å². The molecule has 0 aliphatic heterocycles. The molecule has 7 nitrogen and oxygen atoms in total. The van der Waals surface area contributed by atoms with E-state index < -0.39 is 0 Å². The Morgan fingerprint density at radius 1 is 1.10 bits per heavy atom. The van der Waals surface area contributed by atoms with E-state index in [0.717, 1.165) is 10.2 Å². The van der Waals surface area contributed by atoms with Crippen molar-refractivity contribution in [3.63, 3.8) is 0 Å². The summed E-state index contributed by atoms with van der Waals surface area (Å²) >= 11 is 4.53. The Hall–Kier alpha value is -2.00. The SMILES string of the molecule is Oc1ccc(-n2nnnc2Sc2ncc(Br)cn2)cc1. The van der Waals surface area contributed by atoms with Gasteiger partial charge in [0.25, 0.3) is 0 Å². The van der Waals surface area contributed by atoms with Crippen LogP contribution in [0.5, 0.6) is 5.75 Å². The summed E-state index contributed by atoms with van der Waals surface area (Å²) in [5.41, 5.74) is 0.743. The number of aromatic nitrogens is 6. The Bertz CT molecular complexity index is 715. The lowest BCUT2D eigenvalue weighted by atomic mass is 10.3. The summed E-state index contributed by atoms with van der Waals surface area (Å²) in [6, 6.07) is 6.58. The van der Waals surface area contributed by atoms with Gasteiger partial charge in [-0.1, -0.05) is 0 Å². The highest BCUT2D eigenvalue weighted by Gasteiger charge is 2.11. The van der Waals surface area contributed by atoms with Crippen LogP contribution in [0.15, 0.2) is 51.4 Å². The van der Waals surface area contributed by atoms with Crippen molar-refractivity contribution in [3.05, 3.63) is 41.1 Å². The lowest BCUT2D eigenvalue weighted by molar-refractivity contribution is 0.475. The third kappa shape index (κ3) is 2.78. The number of hydrogen-bond donors (Lipinski definition) is 1. The lowest BCUT2D eigenvalue weighted by Gasteiger charge is -2.03. The molecular formula is C11H7BrN6OS. The van der Waals surface area contributed by atoms with Crippen LogP contribution in [0.2, 0.25) is 0 Å². The highest BCUT2D eigenvalue weighted by molar-refractivity contribution is 9.10. The number of phenolic OH excluding ortho intramolecular Hbond substituents is 1. The first-order valence-electron chi connectivity index (χ1n) is 5.45. The highest BCUT2D eigenvalue weighted by Crippen LogP contribution is 2.24. The van der Waals surface area contributed by atoms with E-state index in [1.54, 1.807) is 41.3 Å². The summed E-state index contributed by atoms with van der Waals surface area (Å²) < 4.78 is 2.36. The van der Waals surface area contributed by atoms with Crippen LogP contribution >= 0.6 is 27.7 Å². The fraction of sp³-hybridized carbons (Fsp3) is 0. The quantitative estimate of drug-likeness (QED) is 0.723. The maximum Gasteiger partial charge on any atom is 0.221 e. The van der Waals surface area contributed by atoms with Crippen LogP contribution in [-0.2, 0) is 0 Å². The second-order valence-electron chi connectivity index (χ2n) is 3.68. The first-order valence-corrected chi connectivity index (χ1v) is 7.06. The number of tetrazole rings is 1. The third-order valence-corrected chi connectivity index (χ3v) is 3.55. The Labute approximate surface area is 126 Å². The molecule has 0 aliphatic rings. The molecule has 0 saturated heterocycles. The van der Waals surface area contributed by atoms with Crippen molar-refractivity contribution in [2.75, 3.05) is 0 Å². The van der Waals surface area contributed by atoms with Gasteiger partial charge in [0.2, 0.25) is 5.16 Å². The van der Waals surface area contributed by atoms with Gasteiger partial charge in [0.1, 0.15) is 5.75 Å². The van der Waals surface area contributed by atoms with E-state index in [9.17, 15) is 5.11 Å². The molecule has 2 heterocycles. The average Bonchev–Trinajstić information content (AvgIpc) is 2.90. The zero-order chi connectivity index (χ0) is 13.9. The smallest absolute Gasteiger partial charge is 0.221 e. The zero-order valence-corrected chi connectivity index (χ0v) is 12.3. The predicted molar refractivity (Wildman–Crippen MR) is 74.7 cm³/mol. The van der Waals surface area contributed by atoms with Crippen molar-refractivity contribution < 1.29 is 5.11 Å². The normalized spacial score (nSPS) is 10.7. The van der Waals surface area contributed by atoms with E-state index >= 15 is 0 Å². The minimum Gasteiger partial charge on any atom is -0.508 e. The molecule has 0 unspecified atom stereocenters. The molecule has 0 amide bonds. The van der Waals surface area contributed by atoms with E-state index in [1.807, 2.05) is 0 Å². The van der Waals surface area contributed by atoms with Crippen LogP contribution in [0.25, 0.3) is 5.69 Å². The zero-order valence-electron chi connectivity index (χ0n) is 9.88. The molecule has 0 bridgehead atoms. The molecule has 1 N–H and O–H groups in total. The van der Waals surface area contributed by atoms with Gasteiger partial charge in [-0.2, -0.15) is 4.68 Å². The molecule has 0 fully saturated rings. The molecular weight excluding hydrogens is 344 g/mol.